The maximum absolute atomic E-state index is 10.5. The Morgan fingerprint density at radius 3 is 1.89 bits per heavy atom. The average molecular weight is 280 g/mol. The molecule has 0 bridgehead atoms. The summed E-state index contributed by atoms with van der Waals surface area (Å²) in [5, 5.41) is -0.771. The Bertz CT molecular complexity index is 363. The smallest absolute Gasteiger partial charge is 0.281 e. The number of nitrogens with two attached hydrogens (primary N) is 1. The fourth-order valence-electron chi connectivity index (χ4n) is 1.27. The lowest BCUT2D eigenvalue weighted by molar-refractivity contribution is -0.114. The standard InChI is InChI=1S/C6H11NO.C5H13NO3S/c1-3-4-5(2)6(7)8;1-4-5(6(2)3)10(7,8)9/h2-4H2,1H3,(H2,7,8);5H,4H2,1-3H3,(H,7,8,9). The van der Waals surface area contributed by atoms with Crippen LogP contribution in [0.15, 0.2) is 12.2 Å². The summed E-state index contributed by atoms with van der Waals surface area (Å²) in [5.41, 5.74) is 5.40. The number of hydrogen-bond acceptors (Lipinski definition) is 4. The van der Waals surface area contributed by atoms with E-state index in [2.05, 4.69) is 6.58 Å². The molecule has 0 aromatic heterocycles. The third-order valence-electron chi connectivity index (χ3n) is 2.17. The number of carbonyl (C=O) groups is 1. The lowest BCUT2D eigenvalue weighted by Gasteiger charge is -2.18. The minimum atomic E-state index is -3.89. The van der Waals surface area contributed by atoms with Crippen LogP contribution in [0.25, 0.3) is 0 Å². The van der Waals surface area contributed by atoms with Crippen molar-refractivity contribution in [2.45, 2.75) is 38.5 Å². The topological polar surface area (TPSA) is 101 Å². The Labute approximate surface area is 110 Å². The molecule has 18 heavy (non-hydrogen) atoms. The number of nitrogens with zero attached hydrogens (tertiary/aromatic N) is 1. The van der Waals surface area contributed by atoms with E-state index in [1.807, 2.05) is 6.92 Å². The minimum absolute atomic E-state index is 0.383. The Balaban J connectivity index is 0. The molecular weight excluding hydrogens is 256 g/mol. The highest BCUT2D eigenvalue weighted by Crippen LogP contribution is 2.05. The summed E-state index contributed by atoms with van der Waals surface area (Å²) in [6.45, 7) is 7.16. The number of amides is 1. The molecule has 0 aliphatic rings. The fourth-order valence-corrected chi connectivity index (χ4v) is 2.22. The second-order valence-corrected chi connectivity index (χ2v) is 5.63. The van der Waals surface area contributed by atoms with E-state index in [9.17, 15) is 13.2 Å². The van der Waals surface area contributed by atoms with E-state index in [1.165, 1.54) is 4.90 Å². The first-order valence-electron chi connectivity index (χ1n) is 5.68. The van der Waals surface area contributed by atoms with Crippen molar-refractivity contribution in [1.29, 1.82) is 0 Å². The van der Waals surface area contributed by atoms with Gasteiger partial charge in [-0.25, -0.2) is 0 Å². The van der Waals surface area contributed by atoms with Crippen LogP contribution in [-0.2, 0) is 14.9 Å². The first-order valence-corrected chi connectivity index (χ1v) is 7.18. The second-order valence-electron chi connectivity index (χ2n) is 4.06. The molecule has 0 radical (unpaired) electrons. The minimum Gasteiger partial charge on any atom is -0.366 e. The van der Waals surface area contributed by atoms with Crippen LogP contribution in [0.5, 0.6) is 0 Å². The average Bonchev–Trinajstić information content (AvgIpc) is 2.16. The lowest BCUT2D eigenvalue weighted by atomic mass is 10.2. The molecule has 0 aliphatic heterocycles. The van der Waals surface area contributed by atoms with Gasteiger partial charge in [0.1, 0.15) is 5.37 Å². The van der Waals surface area contributed by atoms with Gasteiger partial charge in [0.05, 0.1) is 0 Å². The molecule has 1 atom stereocenters. The molecule has 0 aromatic rings. The first kappa shape index (κ1) is 19.4. The molecule has 0 heterocycles. The zero-order valence-electron chi connectivity index (χ0n) is 11.5. The Kier molecular flexibility index (Phi) is 9.78. The number of rotatable bonds is 6. The maximum atomic E-state index is 10.5. The molecular formula is C11H24N2O4S. The molecule has 0 saturated carbocycles. The summed E-state index contributed by atoms with van der Waals surface area (Å²) < 4.78 is 29.6. The van der Waals surface area contributed by atoms with Crippen LogP contribution < -0.4 is 5.73 Å². The van der Waals surface area contributed by atoms with E-state index >= 15 is 0 Å². The third-order valence-corrected chi connectivity index (χ3v) is 3.61. The Morgan fingerprint density at radius 2 is 1.83 bits per heavy atom. The second kappa shape index (κ2) is 9.07. The van der Waals surface area contributed by atoms with Crippen LogP contribution in [0.2, 0.25) is 0 Å². The van der Waals surface area contributed by atoms with Crippen LogP contribution >= 0.6 is 0 Å². The van der Waals surface area contributed by atoms with E-state index in [4.69, 9.17) is 10.3 Å². The zero-order chi connectivity index (χ0) is 14.9. The van der Waals surface area contributed by atoms with Crippen molar-refractivity contribution >= 4 is 16.0 Å². The van der Waals surface area contributed by atoms with E-state index in [0.29, 0.717) is 12.0 Å². The van der Waals surface area contributed by atoms with Gasteiger partial charge < -0.3 is 5.73 Å². The zero-order valence-corrected chi connectivity index (χ0v) is 12.3. The van der Waals surface area contributed by atoms with Crippen molar-refractivity contribution in [2.75, 3.05) is 14.1 Å². The van der Waals surface area contributed by atoms with Crippen LogP contribution in [0.3, 0.4) is 0 Å². The van der Waals surface area contributed by atoms with Crippen molar-refractivity contribution in [3.05, 3.63) is 12.2 Å². The largest absolute Gasteiger partial charge is 0.366 e. The monoisotopic (exact) mass is 280 g/mol. The molecule has 1 unspecified atom stereocenters. The number of hydrogen-bond donors (Lipinski definition) is 2. The molecule has 0 saturated heterocycles. The summed E-state index contributed by atoms with van der Waals surface area (Å²) in [7, 11) is -0.662. The van der Waals surface area contributed by atoms with Gasteiger partial charge in [-0.05, 0) is 26.9 Å². The van der Waals surface area contributed by atoms with Gasteiger partial charge in [0.15, 0.2) is 0 Å². The first-order chi connectivity index (χ1) is 8.07. The maximum Gasteiger partial charge on any atom is 0.281 e. The predicted molar refractivity (Wildman–Crippen MR) is 72.6 cm³/mol. The Morgan fingerprint density at radius 1 is 1.39 bits per heavy atom. The van der Waals surface area contributed by atoms with E-state index in [-0.39, 0.29) is 5.91 Å². The highest BCUT2D eigenvalue weighted by Gasteiger charge is 2.22. The molecule has 6 nitrogen and oxygen atoms in total. The highest BCUT2D eigenvalue weighted by molar-refractivity contribution is 7.86. The molecule has 3 N–H and O–H groups in total. The SMILES string of the molecule is C=C(CCC)C(N)=O.CCC(N(C)C)S(=O)(=O)O. The van der Waals surface area contributed by atoms with E-state index in [0.717, 1.165) is 12.8 Å². The van der Waals surface area contributed by atoms with Gasteiger partial charge in [-0.2, -0.15) is 8.42 Å². The Hall–Kier alpha value is -0.920. The van der Waals surface area contributed by atoms with Crippen molar-refractivity contribution in [3.63, 3.8) is 0 Å². The van der Waals surface area contributed by atoms with Crippen LogP contribution in [0.4, 0.5) is 0 Å². The summed E-state index contributed by atoms with van der Waals surface area (Å²) in [6, 6.07) is 0. The summed E-state index contributed by atoms with van der Waals surface area (Å²) in [4.78, 5) is 11.7. The van der Waals surface area contributed by atoms with Gasteiger partial charge in [-0.15, -0.1) is 0 Å². The van der Waals surface area contributed by atoms with E-state index in [1.54, 1.807) is 21.0 Å². The number of carbonyl (C=O) groups excluding carboxylic acids is 1. The molecule has 1 amide bonds. The highest BCUT2D eigenvalue weighted by atomic mass is 32.2. The normalized spacial score (nSPS) is 12.6. The van der Waals surface area contributed by atoms with Gasteiger partial charge in [-0.3, -0.25) is 14.2 Å². The summed E-state index contributed by atoms with van der Waals surface area (Å²) >= 11 is 0. The number of primary amides is 1. The van der Waals surface area contributed by atoms with Gasteiger partial charge in [0.25, 0.3) is 10.1 Å². The summed E-state index contributed by atoms with van der Waals surface area (Å²) in [5.74, 6) is -0.383. The molecule has 0 rings (SSSR count). The van der Waals surface area contributed by atoms with Crippen LogP contribution in [0.1, 0.15) is 33.1 Å². The molecule has 0 spiro atoms. The van der Waals surface area contributed by atoms with E-state index < -0.39 is 15.5 Å². The summed E-state index contributed by atoms with van der Waals surface area (Å²) in [6.07, 6.45) is 2.04. The van der Waals surface area contributed by atoms with Gasteiger partial charge in [0.2, 0.25) is 5.91 Å². The van der Waals surface area contributed by atoms with Gasteiger partial charge in [-0.1, -0.05) is 26.8 Å². The lowest BCUT2D eigenvalue weighted by Crippen LogP contribution is -2.34. The van der Waals surface area contributed by atoms with Gasteiger partial charge in [0, 0.05) is 5.57 Å². The van der Waals surface area contributed by atoms with Gasteiger partial charge >= 0.3 is 0 Å². The van der Waals surface area contributed by atoms with Crippen molar-refractivity contribution in [1.82, 2.24) is 4.90 Å². The molecule has 7 heteroatoms. The van der Waals surface area contributed by atoms with Crippen molar-refractivity contribution in [3.8, 4) is 0 Å². The fraction of sp³-hybridized carbons (Fsp3) is 0.727. The molecule has 108 valence electrons. The van der Waals surface area contributed by atoms with Crippen molar-refractivity contribution < 1.29 is 17.8 Å². The quantitative estimate of drug-likeness (QED) is 0.558. The van der Waals surface area contributed by atoms with Crippen LogP contribution in [-0.4, -0.2) is 43.2 Å². The van der Waals surface area contributed by atoms with Crippen LogP contribution in [0, 0.1) is 0 Å². The molecule has 0 aromatic carbocycles. The molecule has 0 fully saturated rings. The third kappa shape index (κ3) is 9.15. The molecule has 0 aliphatic carbocycles. The van der Waals surface area contributed by atoms with Crippen molar-refractivity contribution in [2.24, 2.45) is 5.73 Å². The predicted octanol–water partition coefficient (Wildman–Crippen LogP) is 1.000.